The molecule has 0 fully saturated rings. The van der Waals surface area contributed by atoms with Crippen LogP contribution in [-0.4, -0.2) is 0 Å². The van der Waals surface area contributed by atoms with Crippen molar-refractivity contribution in [2.45, 2.75) is 6.92 Å². The standard InChI is InChI=1S/C17H15N/c1-13-7-2-5-11-16(13)18-17-12-6-9-14-8-3-4-10-15(14)17/h2-12,18H,1H3. The maximum Gasteiger partial charge on any atom is 0.0463 e. The molecule has 1 heteroatoms. The van der Waals surface area contributed by atoms with E-state index in [1.54, 1.807) is 0 Å². The fourth-order valence-corrected chi connectivity index (χ4v) is 2.19. The summed E-state index contributed by atoms with van der Waals surface area (Å²) in [5, 5.41) is 6.03. The van der Waals surface area contributed by atoms with E-state index in [9.17, 15) is 0 Å². The Morgan fingerprint density at radius 1 is 0.667 bits per heavy atom. The van der Waals surface area contributed by atoms with Crippen molar-refractivity contribution < 1.29 is 0 Å². The Bertz CT molecular complexity index is 681. The lowest BCUT2D eigenvalue weighted by molar-refractivity contribution is 1.44. The summed E-state index contributed by atoms with van der Waals surface area (Å²) < 4.78 is 0. The van der Waals surface area contributed by atoms with Gasteiger partial charge in [-0.15, -0.1) is 0 Å². The number of nitrogens with one attached hydrogen (secondary N) is 1. The van der Waals surface area contributed by atoms with Crippen molar-refractivity contribution in [3.63, 3.8) is 0 Å². The highest BCUT2D eigenvalue weighted by Gasteiger charge is 2.01. The highest BCUT2D eigenvalue weighted by atomic mass is 14.9. The lowest BCUT2D eigenvalue weighted by atomic mass is 10.1. The minimum Gasteiger partial charge on any atom is -0.355 e. The number of benzene rings is 3. The molecule has 1 nitrogen and oxygen atoms in total. The predicted molar refractivity (Wildman–Crippen MR) is 78.4 cm³/mol. The average Bonchev–Trinajstić information content (AvgIpc) is 2.42. The first-order valence-electron chi connectivity index (χ1n) is 6.15. The van der Waals surface area contributed by atoms with E-state index in [1.807, 2.05) is 0 Å². The van der Waals surface area contributed by atoms with Gasteiger partial charge in [-0.1, -0.05) is 54.6 Å². The van der Waals surface area contributed by atoms with Crippen molar-refractivity contribution in [2.75, 3.05) is 5.32 Å². The minimum atomic E-state index is 1.16. The van der Waals surface area contributed by atoms with Gasteiger partial charge in [-0.2, -0.15) is 0 Å². The van der Waals surface area contributed by atoms with Crippen molar-refractivity contribution in [3.8, 4) is 0 Å². The van der Waals surface area contributed by atoms with Crippen LogP contribution in [0.2, 0.25) is 0 Å². The van der Waals surface area contributed by atoms with Crippen LogP contribution in [0.4, 0.5) is 11.4 Å². The summed E-state index contributed by atoms with van der Waals surface area (Å²) in [5.41, 5.74) is 3.57. The summed E-state index contributed by atoms with van der Waals surface area (Å²) in [6, 6.07) is 23.1. The van der Waals surface area contributed by atoms with Gasteiger partial charge < -0.3 is 5.32 Å². The van der Waals surface area contributed by atoms with Crippen molar-refractivity contribution in [1.82, 2.24) is 0 Å². The van der Waals surface area contributed by atoms with Gasteiger partial charge in [0.1, 0.15) is 0 Å². The van der Waals surface area contributed by atoms with Gasteiger partial charge in [0.15, 0.2) is 0 Å². The zero-order valence-corrected chi connectivity index (χ0v) is 10.4. The van der Waals surface area contributed by atoms with Gasteiger partial charge in [0.25, 0.3) is 0 Å². The number of anilines is 2. The van der Waals surface area contributed by atoms with Gasteiger partial charge in [-0.3, -0.25) is 0 Å². The van der Waals surface area contributed by atoms with Crippen LogP contribution in [-0.2, 0) is 0 Å². The normalized spacial score (nSPS) is 10.5. The summed E-state index contributed by atoms with van der Waals surface area (Å²) in [7, 11) is 0. The molecular formula is C17H15N. The second-order valence-corrected chi connectivity index (χ2v) is 4.47. The van der Waals surface area contributed by atoms with Gasteiger partial charge in [-0.25, -0.2) is 0 Å². The van der Waals surface area contributed by atoms with Gasteiger partial charge in [0.2, 0.25) is 0 Å². The summed E-state index contributed by atoms with van der Waals surface area (Å²) in [5.74, 6) is 0. The molecule has 0 radical (unpaired) electrons. The third-order valence-electron chi connectivity index (χ3n) is 3.20. The van der Waals surface area contributed by atoms with Crippen LogP contribution >= 0.6 is 0 Å². The Hall–Kier alpha value is -2.28. The molecule has 0 bridgehead atoms. The molecule has 0 atom stereocenters. The second-order valence-electron chi connectivity index (χ2n) is 4.47. The highest BCUT2D eigenvalue weighted by Crippen LogP contribution is 2.27. The van der Waals surface area contributed by atoms with Gasteiger partial charge in [-0.05, 0) is 30.0 Å². The predicted octanol–water partition coefficient (Wildman–Crippen LogP) is 4.89. The van der Waals surface area contributed by atoms with Crippen LogP contribution in [0, 0.1) is 6.92 Å². The smallest absolute Gasteiger partial charge is 0.0463 e. The molecule has 3 rings (SSSR count). The molecule has 0 aliphatic heterocycles. The Morgan fingerprint density at radius 3 is 2.22 bits per heavy atom. The molecule has 0 saturated heterocycles. The number of hydrogen-bond acceptors (Lipinski definition) is 1. The van der Waals surface area contributed by atoms with Crippen LogP contribution in [0.25, 0.3) is 10.8 Å². The fraction of sp³-hybridized carbons (Fsp3) is 0.0588. The minimum absolute atomic E-state index is 1.16. The van der Waals surface area contributed by atoms with E-state index < -0.39 is 0 Å². The molecule has 0 unspecified atom stereocenters. The monoisotopic (exact) mass is 233 g/mol. The lowest BCUT2D eigenvalue weighted by Crippen LogP contribution is -1.93. The summed E-state index contributed by atoms with van der Waals surface area (Å²) in [6.07, 6.45) is 0. The second kappa shape index (κ2) is 4.53. The molecule has 0 heterocycles. The third kappa shape index (κ3) is 1.95. The average molecular weight is 233 g/mol. The highest BCUT2D eigenvalue weighted by molar-refractivity contribution is 5.95. The van der Waals surface area contributed by atoms with E-state index in [0.717, 1.165) is 11.4 Å². The van der Waals surface area contributed by atoms with Crippen molar-refractivity contribution in [1.29, 1.82) is 0 Å². The maximum absolute atomic E-state index is 3.52. The molecule has 18 heavy (non-hydrogen) atoms. The van der Waals surface area contributed by atoms with Crippen LogP contribution < -0.4 is 5.32 Å². The molecule has 0 amide bonds. The Balaban J connectivity index is 2.08. The van der Waals surface area contributed by atoms with E-state index >= 15 is 0 Å². The number of fused-ring (bicyclic) bond motifs is 1. The Labute approximate surface area is 107 Å². The van der Waals surface area contributed by atoms with Crippen molar-refractivity contribution in [3.05, 3.63) is 72.3 Å². The van der Waals surface area contributed by atoms with E-state index in [2.05, 4.69) is 79.0 Å². The lowest BCUT2D eigenvalue weighted by Gasteiger charge is -2.11. The maximum atomic E-state index is 3.52. The molecule has 0 spiro atoms. The van der Waals surface area contributed by atoms with E-state index in [0.29, 0.717) is 0 Å². The zero-order chi connectivity index (χ0) is 12.4. The first-order chi connectivity index (χ1) is 8.84. The van der Waals surface area contributed by atoms with E-state index in [4.69, 9.17) is 0 Å². The number of aryl methyl sites for hydroxylation is 1. The van der Waals surface area contributed by atoms with E-state index in [-0.39, 0.29) is 0 Å². The Kier molecular flexibility index (Phi) is 2.73. The van der Waals surface area contributed by atoms with Crippen molar-refractivity contribution in [2.24, 2.45) is 0 Å². The molecule has 3 aromatic rings. The summed E-state index contributed by atoms with van der Waals surface area (Å²) >= 11 is 0. The largest absolute Gasteiger partial charge is 0.355 e. The summed E-state index contributed by atoms with van der Waals surface area (Å²) in [6.45, 7) is 2.12. The van der Waals surface area contributed by atoms with E-state index in [1.165, 1.54) is 16.3 Å². The molecule has 1 N–H and O–H groups in total. The fourth-order valence-electron chi connectivity index (χ4n) is 2.19. The van der Waals surface area contributed by atoms with Crippen LogP contribution in [0.3, 0.4) is 0 Å². The van der Waals surface area contributed by atoms with Crippen molar-refractivity contribution >= 4 is 22.1 Å². The molecule has 0 saturated carbocycles. The van der Waals surface area contributed by atoms with Gasteiger partial charge >= 0.3 is 0 Å². The zero-order valence-electron chi connectivity index (χ0n) is 10.4. The van der Waals surface area contributed by atoms with Gasteiger partial charge in [0, 0.05) is 16.8 Å². The quantitative estimate of drug-likeness (QED) is 0.664. The SMILES string of the molecule is Cc1ccccc1Nc1cccc2ccccc12. The Morgan fingerprint density at radius 2 is 1.33 bits per heavy atom. The summed E-state index contributed by atoms with van der Waals surface area (Å²) in [4.78, 5) is 0. The number of para-hydroxylation sites is 1. The first-order valence-corrected chi connectivity index (χ1v) is 6.15. The topological polar surface area (TPSA) is 12.0 Å². The van der Waals surface area contributed by atoms with Crippen LogP contribution in [0.1, 0.15) is 5.56 Å². The molecular weight excluding hydrogens is 218 g/mol. The number of hydrogen-bond donors (Lipinski definition) is 1. The molecule has 0 aliphatic rings. The van der Waals surface area contributed by atoms with Crippen LogP contribution in [0.15, 0.2) is 66.7 Å². The number of rotatable bonds is 2. The van der Waals surface area contributed by atoms with Gasteiger partial charge in [0.05, 0.1) is 0 Å². The van der Waals surface area contributed by atoms with Crippen LogP contribution in [0.5, 0.6) is 0 Å². The third-order valence-corrected chi connectivity index (χ3v) is 3.20. The first kappa shape index (κ1) is 10.8. The molecule has 3 aromatic carbocycles. The molecule has 0 aromatic heterocycles. The molecule has 88 valence electrons. The molecule has 0 aliphatic carbocycles.